The first kappa shape index (κ1) is 12.1. The van der Waals surface area contributed by atoms with Crippen LogP contribution in [0.2, 0.25) is 0 Å². The van der Waals surface area contributed by atoms with E-state index < -0.39 is 0 Å². The summed E-state index contributed by atoms with van der Waals surface area (Å²) < 4.78 is 0. The zero-order valence-corrected chi connectivity index (χ0v) is 10.3. The van der Waals surface area contributed by atoms with Gasteiger partial charge in [-0.15, -0.1) is 0 Å². The van der Waals surface area contributed by atoms with Crippen LogP contribution >= 0.6 is 0 Å². The SMILES string of the molecule is Cc1ccc(N(C)C(=O)c2ncccc2O)cc1. The van der Waals surface area contributed by atoms with Crippen molar-refractivity contribution in [3.05, 3.63) is 53.9 Å². The number of carbonyl (C=O) groups excluding carboxylic acids is 1. The van der Waals surface area contributed by atoms with Gasteiger partial charge in [-0.05, 0) is 31.2 Å². The van der Waals surface area contributed by atoms with Gasteiger partial charge in [-0.25, -0.2) is 4.98 Å². The second-order valence-electron chi connectivity index (χ2n) is 4.07. The number of anilines is 1. The highest BCUT2D eigenvalue weighted by atomic mass is 16.3. The van der Waals surface area contributed by atoms with Crippen LogP contribution in [0.5, 0.6) is 5.75 Å². The molecule has 4 nitrogen and oxygen atoms in total. The van der Waals surface area contributed by atoms with E-state index in [1.54, 1.807) is 13.1 Å². The van der Waals surface area contributed by atoms with E-state index in [2.05, 4.69) is 4.98 Å². The third-order valence-corrected chi connectivity index (χ3v) is 2.71. The van der Waals surface area contributed by atoms with Gasteiger partial charge in [0.1, 0.15) is 5.75 Å². The Kier molecular flexibility index (Phi) is 3.28. The Balaban J connectivity index is 2.29. The molecule has 4 heteroatoms. The van der Waals surface area contributed by atoms with Crippen molar-refractivity contribution >= 4 is 11.6 Å². The Morgan fingerprint density at radius 3 is 2.50 bits per heavy atom. The van der Waals surface area contributed by atoms with Crippen LogP contribution in [0.25, 0.3) is 0 Å². The number of carbonyl (C=O) groups is 1. The van der Waals surface area contributed by atoms with E-state index in [0.29, 0.717) is 0 Å². The van der Waals surface area contributed by atoms with Crippen molar-refractivity contribution in [1.29, 1.82) is 0 Å². The standard InChI is InChI=1S/C14H14N2O2/c1-10-5-7-11(8-6-10)16(2)14(18)13-12(17)4-3-9-15-13/h3-9,17H,1-2H3. The van der Waals surface area contributed by atoms with E-state index in [-0.39, 0.29) is 17.4 Å². The number of hydrogen-bond acceptors (Lipinski definition) is 3. The highest BCUT2D eigenvalue weighted by molar-refractivity contribution is 6.06. The Bertz CT molecular complexity index is 564. The highest BCUT2D eigenvalue weighted by Crippen LogP contribution is 2.19. The number of benzene rings is 1. The smallest absolute Gasteiger partial charge is 0.280 e. The van der Waals surface area contributed by atoms with E-state index in [9.17, 15) is 9.90 Å². The third-order valence-electron chi connectivity index (χ3n) is 2.71. The number of aromatic nitrogens is 1. The predicted octanol–water partition coefficient (Wildman–Crippen LogP) is 2.37. The zero-order chi connectivity index (χ0) is 13.1. The Labute approximate surface area is 106 Å². The number of pyridine rings is 1. The number of amides is 1. The number of rotatable bonds is 2. The molecule has 0 atom stereocenters. The minimum absolute atomic E-state index is 0.0561. The van der Waals surface area contributed by atoms with Gasteiger partial charge in [-0.3, -0.25) is 4.79 Å². The summed E-state index contributed by atoms with van der Waals surface area (Å²) in [5.41, 5.74) is 1.94. The Morgan fingerprint density at radius 1 is 1.22 bits per heavy atom. The van der Waals surface area contributed by atoms with Gasteiger partial charge in [-0.1, -0.05) is 17.7 Å². The molecular weight excluding hydrogens is 228 g/mol. The quantitative estimate of drug-likeness (QED) is 0.879. The van der Waals surface area contributed by atoms with Gasteiger partial charge in [0.15, 0.2) is 5.69 Å². The molecule has 0 unspecified atom stereocenters. The molecule has 0 saturated heterocycles. The van der Waals surface area contributed by atoms with E-state index in [1.165, 1.54) is 17.2 Å². The molecule has 1 aromatic heterocycles. The van der Waals surface area contributed by atoms with Crippen molar-refractivity contribution in [3.63, 3.8) is 0 Å². The van der Waals surface area contributed by atoms with Gasteiger partial charge in [0.2, 0.25) is 0 Å². The normalized spacial score (nSPS) is 10.1. The third kappa shape index (κ3) is 2.32. The van der Waals surface area contributed by atoms with Crippen LogP contribution in [0, 0.1) is 6.92 Å². The minimum Gasteiger partial charge on any atom is -0.505 e. The number of aryl methyl sites for hydroxylation is 1. The molecule has 0 aliphatic rings. The van der Waals surface area contributed by atoms with Gasteiger partial charge in [0.05, 0.1) is 0 Å². The molecule has 0 radical (unpaired) electrons. The molecule has 0 aliphatic heterocycles. The van der Waals surface area contributed by atoms with Crippen molar-refractivity contribution in [1.82, 2.24) is 4.98 Å². The summed E-state index contributed by atoms with van der Waals surface area (Å²) in [6.07, 6.45) is 1.48. The maximum Gasteiger partial charge on any atom is 0.280 e. The molecule has 1 aromatic carbocycles. The van der Waals surface area contributed by atoms with Crippen LogP contribution < -0.4 is 4.90 Å². The van der Waals surface area contributed by atoms with Crippen molar-refractivity contribution in [2.24, 2.45) is 0 Å². The first-order valence-corrected chi connectivity index (χ1v) is 5.58. The summed E-state index contributed by atoms with van der Waals surface area (Å²) in [4.78, 5) is 17.5. The summed E-state index contributed by atoms with van der Waals surface area (Å²) in [5.74, 6) is -0.446. The predicted molar refractivity (Wildman–Crippen MR) is 69.8 cm³/mol. The molecule has 2 rings (SSSR count). The lowest BCUT2D eigenvalue weighted by Crippen LogP contribution is -2.27. The van der Waals surface area contributed by atoms with Crippen LogP contribution in [0.15, 0.2) is 42.6 Å². The van der Waals surface area contributed by atoms with Crippen LogP contribution in [-0.2, 0) is 0 Å². The van der Waals surface area contributed by atoms with Gasteiger partial charge >= 0.3 is 0 Å². The molecule has 0 aliphatic carbocycles. The average molecular weight is 242 g/mol. The maximum atomic E-state index is 12.2. The fraction of sp³-hybridized carbons (Fsp3) is 0.143. The molecule has 18 heavy (non-hydrogen) atoms. The van der Waals surface area contributed by atoms with E-state index in [1.807, 2.05) is 31.2 Å². The first-order valence-electron chi connectivity index (χ1n) is 5.58. The second-order valence-corrected chi connectivity index (χ2v) is 4.07. The van der Waals surface area contributed by atoms with Crippen molar-refractivity contribution < 1.29 is 9.90 Å². The molecule has 0 fully saturated rings. The first-order chi connectivity index (χ1) is 8.59. The van der Waals surface area contributed by atoms with E-state index in [4.69, 9.17) is 0 Å². The molecule has 0 spiro atoms. The van der Waals surface area contributed by atoms with Gasteiger partial charge < -0.3 is 10.0 Å². The van der Waals surface area contributed by atoms with Gasteiger partial charge in [-0.2, -0.15) is 0 Å². The lowest BCUT2D eigenvalue weighted by atomic mass is 10.2. The van der Waals surface area contributed by atoms with Crippen molar-refractivity contribution in [3.8, 4) is 5.75 Å². The largest absolute Gasteiger partial charge is 0.505 e. The molecule has 1 heterocycles. The molecule has 0 bridgehead atoms. The fourth-order valence-corrected chi connectivity index (χ4v) is 1.61. The average Bonchev–Trinajstić information content (AvgIpc) is 2.38. The molecule has 0 saturated carbocycles. The monoisotopic (exact) mass is 242 g/mol. The molecule has 1 N–H and O–H groups in total. The number of nitrogens with zero attached hydrogens (tertiary/aromatic N) is 2. The summed E-state index contributed by atoms with van der Waals surface area (Å²) in [6, 6.07) is 10.6. The number of aromatic hydroxyl groups is 1. The van der Waals surface area contributed by atoms with Gasteiger partial charge in [0.25, 0.3) is 5.91 Å². The maximum absolute atomic E-state index is 12.2. The summed E-state index contributed by atoms with van der Waals surface area (Å²) >= 11 is 0. The zero-order valence-electron chi connectivity index (χ0n) is 10.3. The van der Waals surface area contributed by atoms with E-state index >= 15 is 0 Å². The summed E-state index contributed by atoms with van der Waals surface area (Å²) in [7, 11) is 1.65. The lowest BCUT2D eigenvalue weighted by molar-refractivity contribution is 0.0985. The van der Waals surface area contributed by atoms with Crippen molar-refractivity contribution in [2.45, 2.75) is 6.92 Å². The van der Waals surface area contributed by atoms with Crippen molar-refractivity contribution in [2.75, 3.05) is 11.9 Å². The van der Waals surface area contributed by atoms with Crippen LogP contribution in [0.3, 0.4) is 0 Å². The van der Waals surface area contributed by atoms with Crippen LogP contribution in [-0.4, -0.2) is 23.0 Å². The summed E-state index contributed by atoms with van der Waals surface area (Å²) in [5, 5.41) is 9.61. The topological polar surface area (TPSA) is 53.4 Å². The second kappa shape index (κ2) is 4.87. The summed E-state index contributed by atoms with van der Waals surface area (Å²) in [6.45, 7) is 1.98. The van der Waals surface area contributed by atoms with Crippen LogP contribution in [0.4, 0.5) is 5.69 Å². The highest BCUT2D eigenvalue weighted by Gasteiger charge is 2.17. The Hall–Kier alpha value is -2.36. The fourth-order valence-electron chi connectivity index (χ4n) is 1.61. The Morgan fingerprint density at radius 2 is 1.89 bits per heavy atom. The lowest BCUT2D eigenvalue weighted by Gasteiger charge is -2.17. The minimum atomic E-state index is -0.336. The molecule has 2 aromatic rings. The number of hydrogen-bond donors (Lipinski definition) is 1. The molecule has 1 amide bonds. The molecule has 92 valence electrons. The van der Waals surface area contributed by atoms with Crippen LogP contribution in [0.1, 0.15) is 16.1 Å². The van der Waals surface area contributed by atoms with Gasteiger partial charge in [0, 0.05) is 18.9 Å². The van der Waals surface area contributed by atoms with E-state index in [0.717, 1.165) is 11.3 Å². The molecular formula is C14H14N2O2.